The number of halogens is 1. The number of amides is 1. The first-order chi connectivity index (χ1) is 15.4. The Hall–Kier alpha value is -3.66. The van der Waals surface area contributed by atoms with Crippen LogP contribution in [0.4, 0.5) is 15.8 Å². The maximum absolute atomic E-state index is 13.1. The van der Waals surface area contributed by atoms with Gasteiger partial charge in [0.25, 0.3) is 5.69 Å². The van der Waals surface area contributed by atoms with Crippen LogP contribution in [0.2, 0.25) is 0 Å². The third-order valence-corrected chi connectivity index (χ3v) is 5.58. The van der Waals surface area contributed by atoms with Gasteiger partial charge >= 0.3 is 0 Å². The van der Waals surface area contributed by atoms with Gasteiger partial charge in [-0.3, -0.25) is 19.8 Å². The molecule has 0 saturated carbocycles. The number of nitro benzene ring substituents is 1. The van der Waals surface area contributed by atoms with Gasteiger partial charge in [0.2, 0.25) is 17.6 Å². The van der Waals surface area contributed by atoms with E-state index in [2.05, 4.69) is 20.4 Å². The highest BCUT2D eigenvalue weighted by molar-refractivity contribution is 5.93. The van der Waals surface area contributed by atoms with Crippen LogP contribution in [0.25, 0.3) is 11.4 Å². The van der Waals surface area contributed by atoms with E-state index in [9.17, 15) is 19.3 Å². The highest BCUT2D eigenvalue weighted by Crippen LogP contribution is 2.25. The molecule has 9 nitrogen and oxygen atoms in total. The first kappa shape index (κ1) is 21.6. The average molecular weight is 439 g/mol. The lowest BCUT2D eigenvalue weighted by atomic mass is 9.95. The minimum atomic E-state index is -0.480. The zero-order chi connectivity index (χ0) is 22.7. The van der Waals surface area contributed by atoms with Crippen molar-refractivity contribution in [2.75, 3.05) is 18.4 Å². The van der Waals surface area contributed by atoms with Crippen molar-refractivity contribution in [2.45, 2.75) is 26.3 Å². The highest BCUT2D eigenvalue weighted by Gasteiger charge is 2.26. The summed E-state index contributed by atoms with van der Waals surface area (Å²) in [6.07, 6.45) is 1.30. The summed E-state index contributed by atoms with van der Waals surface area (Å²) in [7, 11) is 0. The molecule has 0 aliphatic carbocycles. The number of anilines is 1. The minimum Gasteiger partial charge on any atom is -0.338 e. The molecule has 1 aromatic heterocycles. The number of hydrogen-bond donors (Lipinski definition) is 1. The molecule has 0 radical (unpaired) electrons. The van der Waals surface area contributed by atoms with E-state index < -0.39 is 4.92 Å². The summed E-state index contributed by atoms with van der Waals surface area (Å²) in [6.45, 7) is 3.62. The van der Waals surface area contributed by atoms with E-state index in [1.165, 1.54) is 24.3 Å². The molecule has 1 amide bonds. The van der Waals surface area contributed by atoms with Gasteiger partial charge in [0, 0.05) is 23.6 Å². The maximum Gasteiger partial charge on any atom is 0.271 e. The Morgan fingerprint density at radius 3 is 2.66 bits per heavy atom. The smallest absolute Gasteiger partial charge is 0.271 e. The molecule has 1 fully saturated rings. The quantitative estimate of drug-likeness (QED) is 0.457. The topological polar surface area (TPSA) is 114 Å². The van der Waals surface area contributed by atoms with Gasteiger partial charge < -0.3 is 9.84 Å². The van der Waals surface area contributed by atoms with Crippen LogP contribution < -0.4 is 5.32 Å². The Morgan fingerprint density at radius 1 is 1.25 bits per heavy atom. The SMILES string of the molecule is Cc1ccc([N+](=O)[O-])cc1NC(=O)C1CCN(Cc2nc(-c3ccc(F)cc3)no2)CC1. The molecular weight excluding hydrogens is 417 g/mol. The van der Waals surface area contributed by atoms with Crippen LogP contribution in [0, 0.1) is 28.8 Å². The van der Waals surface area contributed by atoms with Crippen molar-refractivity contribution in [3.63, 3.8) is 0 Å². The molecule has 0 atom stereocenters. The normalized spacial score (nSPS) is 14.9. The third kappa shape index (κ3) is 4.97. The Labute approximate surface area is 183 Å². The second-order valence-electron chi connectivity index (χ2n) is 7.81. The molecule has 10 heteroatoms. The zero-order valence-electron chi connectivity index (χ0n) is 17.5. The molecule has 166 valence electrons. The summed E-state index contributed by atoms with van der Waals surface area (Å²) >= 11 is 0. The molecule has 0 spiro atoms. The standard InChI is InChI=1S/C22H22FN5O4/c1-14-2-7-18(28(30)31)12-19(14)24-22(29)16-8-10-27(11-9-16)13-20-25-21(26-32-20)15-3-5-17(23)6-4-15/h2-7,12,16H,8-11,13H2,1H3,(H,24,29). The van der Waals surface area contributed by atoms with Gasteiger partial charge in [-0.2, -0.15) is 4.98 Å². The average Bonchev–Trinajstić information content (AvgIpc) is 3.24. The number of likely N-dealkylation sites (tertiary alicyclic amines) is 1. The molecule has 4 rings (SSSR count). The number of rotatable bonds is 6. The number of hydrogen-bond acceptors (Lipinski definition) is 7. The first-order valence-corrected chi connectivity index (χ1v) is 10.3. The fourth-order valence-electron chi connectivity index (χ4n) is 3.67. The van der Waals surface area contributed by atoms with Crippen molar-refractivity contribution in [2.24, 2.45) is 5.92 Å². The lowest BCUT2D eigenvalue weighted by molar-refractivity contribution is -0.384. The number of nitrogens with one attached hydrogen (secondary N) is 1. The van der Waals surface area contributed by atoms with Crippen LogP contribution >= 0.6 is 0 Å². The number of nitrogens with zero attached hydrogens (tertiary/aromatic N) is 4. The summed E-state index contributed by atoms with van der Waals surface area (Å²) in [6, 6.07) is 10.3. The Bertz CT molecular complexity index is 1120. The maximum atomic E-state index is 13.1. The van der Waals surface area contributed by atoms with Gasteiger partial charge in [-0.1, -0.05) is 11.2 Å². The molecule has 1 saturated heterocycles. The molecule has 0 unspecified atom stereocenters. The number of non-ortho nitro benzene ring substituents is 1. The molecule has 2 aromatic carbocycles. The van der Waals surface area contributed by atoms with Crippen LogP contribution in [0.5, 0.6) is 0 Å². The fourth-order valence-corrected chi connectivity index (χ4v) is 3.67. The summed E-state index contributed by atoms with van der Waals surface area (Å²) < 4.78 is 18.4. The van der Waals surface area contributed by atoms with Crippen molar-refractivity contribution in [3.8, 4) is 11.4 Å². The molecular formula is C22H22FN5O4. The van der Waals surface area contributed by atoms with Crippen LogP contribution in [0.1, 0.15) is 24.3 Å². The summed E-state index contributed by atoms with van der Waals surface area (Å²) in [5.41, 5.74) is 1.86. The van der Waals surface area contributed by atoms with Gasteiger partial charge in [0.15, 0.2) is 0 Å². The van der Waals surface area contributed by atoms with E-state index in [1.54, 1.807) is 25.1 Å². The summed E-state index contributed by atoms with van der Waals surface area (Å²) in [4.78, 5) is 29.7. The van der Waals surface area contributed by atoms with Gasteiger partial charge in [0.05, 0.1) is 17.2 Å². The van der Waals surface area contributed by atoms with Crippen LogP contribution in [-0.4, -0.2) is 39.0 Å². The zero-order valence-corrected chi connectivity index (χ0v) is 17.5. The van der Waals surface area contributed by atoms with Crippen molar-refractivity contribution >= 4 is 17.3 Å². The number of nitro groups is 1. The highest BCUT2D eigenvalue weighted by atomic mass is 19.1. The molecule has 1 N–H and O–H groups in total. The lowest BCUT2D eigenvalue weighted by Gasteiger charge is -2.30. The number of carbonyl (C=O) groups is 1. The number of benzene rings is 2. The predicted octanol–water partition coefficient (Wildman–Crippen LogP) is 3.94. The fraction of sp³-hybridized carbons (Fsp3) is 0.318. The molecule has 3 aromatic rings. The Balaban J connectivity index is 1.31. The molecule has 1 aliphatic heterocycles. The van der Waals surface area contributed by atoms with E-state index in [4.69, 9.17) is 4.52 Å². The predicted molar refractivity (Wildman–Crippen MR) is 114 cm³/mol. The van der Waals surface area contributed by atoms with Crippen LogP contribution in [0.3, 0.4) is 0 Å². The molecule has 32 heavy (non-hydrogen) atoms. The van der Waals surface area contributed by atoms with Crippen LogP contribution in [0.15, 0.2) is 47.0 Å². The lowest BCUT2D eigenvalue weighted by Crippen LogP contribution is -2.37. The minimum absolute atomic E-state index is 0.0553. The second kappa shape index (κ2) is 9.23. The van der Waals surface area contributed by atoms with E-state index in [1.807, 2.05) is 0 Å². The van der Waals surface area contributed by atoms with Gasteiger partial charge in [0.1, 0.15) is 5.82 Å². The van der Waals surface area contributed by atoms with Gasteiger partial charge in [-0.25, -0.2) is 4.39 Å². The molecule has 2 heterocycles. The monoisotopic (exact) mass is 439 g/mol. The molecule has 0 bridgehead atoms. The van der Waals surface area contributed by atoms with Crippen LogP contribution in [-0.2, 0) is 11.3 Å². The van der Waals surface area contributed by atoms with Crippen molar-refractivity contribution < 1.29 is 18.6 Å². The number of carbonyl (C=O) groups excluding carboxylic acids is 1. The Kier molecular flexibility index (Phi) is 6.22. The van der Waals surface area contributed by atoms with Crippen molar-refractivity contribution in [1.82, 2.24) is 15.0 Å². The van der Waals surface area contributed by atoms with E-state index in [0.717, 1.165) is 5.56 Å². The number of aryl methyl sites for hydroxylation is 1. The third-order valence-electron chi connectivity index (χ3n) is 5.58. The largest absolute Gasteiger partial charge is 0.338 e. The van der Waals surface area contributed by atoms with E-state index >= 15 is 0 Å². The van der Waals surface area contributed by atoms with E-state index in [-0.39, 0.29) is 23.3 Å². The van der Waals surface area contributed by atoms with Crippen molar-refractivity contribution in [1.29, 1.82) is 0 Å². The first-order valence-electron chi connectivity index (χ1n) is 10.3. The summed E-state index contributed by atoms with van der Waals surface area (Å²) in [5.74, 6) is 0.220. The number of piperidine rings is 1. The summed E-state index contributed by atoms with van der Waals surface area (Å²) in [5, 5.41) is 17.8. The van der Waals surface area contributed by atoms with E-state index in [0.29, 0.717) is 55.4 Å². The second-order valence-corrected chi connectivity index (χ2v) is 7.81. The van der Waals surface area contributed by atoms with Gasteiger partial charge in [-0.15, -0.1) is 0 Å². The van der Waals surface area contributed by atoms with Crippen molar-refractivity contribution in [3.05, 3.63) is 69.9 Å². The van der Waals surface area contributed by atoms with Gasteiger partial charge in [-0.05, 0) is 62.7 Å². The number of aromatic nitrogens is 2. The Morgan fingerprint density at radius 2 is 1.97 bits per heavy atom. The molecule has 1 aliphatic rings.